The Hall–Kier alpha value is -0.690. The molecule has 0 radical (unpaired) electrons. The third-order valence-electron chi connectivity index (χ3n) is 1.90. The zero-order valence-electron chi connectivity index (χ0n) is 6.21. The summed E-state index contributed by atoms with van der Waals surface area (Å²) < 4.78 is 0. The predicted molar refractivity (Wildman–Crippen MR) is 37.4 cm³/mol. The van der Waals surface area contributed by atoms with E-state index in [0.717, 1.165) is 0 Å². The first-order valence-electron chi connectivity index (χ1n) is 3.54. The lowest BCUT2D eigenvalue weighted by molar-refractivity contribution is -0.152. The summed E-state index contributed by atoms with van der Waals surface area (Å²) in [5.74, 6) is -1.24. The summed E-state index contributed by atoms with van der Waals surface area (Å²) in [6, 6.07) is -1.21. The molecule has 1 aliphatic heterocycles. The second kappa shape index (κ2) is 3.36. The van der Waals surface area contributed by atoms with E-state index in [0.29, 0.717) is 0 Å². The predicted octanol–water partition coefficient (Wildman–Crippen LogP) is -2.87. The highest BCUT2D eigenvalue weighted by Gasteiger charge is 2.39. The van der Waals surface area contributed by atoms with Gasteiger partial charge in [-0.05, 0) is 0 Å². The average Bonchev–Trinajstić information content (AvgIpc) is 2.00. The van der Waals surface area contributed by atoms with Crippen LogP contribution in [0.1, 0.15) is 0 Å². The molecule has 5 N–H and O–H groups in total. The number of rotatable bonds is 1. The molecule has 70 valence electrons. The molecule has 0 unspecified atom stereocenters. The van der Waals surface area contributed by atoms with Crippen LogP contribution in [-0.2, 0) is 4.79 Å². The van der Waals surface area contributed by atoms with Crippen molar-refractivity contribution < 1.29 is 25.2 Å². The van der Waals surface area contributed by atoms with Crippen molar-refractivity contribution in [1.82, 2.24) is 5.32 Å². The third-order valence-corrected chi connectivity index (χ3v) is 1.90. The molecule has 1 rings (SSSR count). The Kier molecular flexibility index (Phi) is 2.63. The van der Waals surface area contributed by atoms with Crippen molar-refractivity contribution in [2.75, 3.05) is 6.54 Å². The van der Waals surface area contributed by atoms with Crippen LogP contribution in [-0.4, -0.2) is 57.3 Å². The van der Waals surface area contributed by atoms with E-state index in [1.807, 2.05) is 0 Å². The van der Waals surface area contributed by atoms with Crippen molar-refractivity contribution in [3.05, 3.63) is 0 Å². The van der Waals surface area contributed by atoms with Crippen molar-refractivity contribution in [1.29, 1.82) is 0 Å². The van der Waals surface area contributed by atoms with Crippen LogP contribution in [0.5, 0.6) is 0 Å². The van der Waals surface area contributed by atoms with Gasteiger partial charge in [-0.2, -0.15) is 0 Å². The van der Waals surface area contributed by atoms with Gasteiger partial charge >= 0.3 is 5.97 Å². The molecule has 0 aromatic heterocycles. The molecule has 12 heavy (non-hydrogen) atoms. The Labute approximate surface area is 68.4 Å². The molecular weight excluding hydrogens is 166 g/mol. The minimum Gasteiger partial charge on any atom is -0.480 e. The zero-order valence-corrected chi connectivity index (χ0v) is 6.21. The van der Waals surface area contributed by atoms with Gasteiger partial charge in [-0.25, -0.2) is 0 Å². The lowest BCUT2D eigenvalue weighted by Gasteiger charge is -2.33. The smallest absolute Gasteiger partial charge is 0.323 e. The Morgan fingerprint density at radius 2 is 1.83 bits per heavy atom. The highest BCUT2D eigenvalue weighted by atomic mass is 16.4. The van der Waals surface area contributed by atoms with Gasteiger partial charge in [0.05, 0.1) is 6.10 Å². The molecule has 0 spiro atoms. The van der Waals surface area contributed by atoms with Gasteiger partial charge in [-0.1, -0.05) is 0 Å². The van der Waals surface area contributed by atoms with Crippen LogP contribution in [0.4, 0.5) is 0 Å². The molecule has 1 saturated heterocycles. The van der Waals surface area contributed by atoms with Gasteiger partial charge in [0.1, 0.15) is 18.2 Å². The number of carboxylic acid groups (broad SMARTS) is 1. The number of carboxylic acids is 1. The van der Waals surface area contributed by atoms with E-state index in [2.05, 4.69) is 5.32 Å². The number of β-amino-alcohol motifs (C(OH)–C–C–N with tert-alkyl or cyclic N) is 1. The quantitative estimate of drug-likeness (QED) is 0.294. The summed E-state index contributed by atoms with van der Waals surface area (Å²) in [6.07, 6.45) is -3.98. The minimum atomic E-state index is -1.47. The second-order valence-electron chi connectivity index (χ2n) is 2.77. The number of hydrogen-bond acceptors (Lipinski definition) is 5. The maximum absolute atomic E-state index is 10.4. The van der Waals surface area contributed by atoms with E-state index in [-0.39, 0.29) is 6.54 Å². The summed E-state index contributed by atoms with van der Waals surface area (Å²) >= 11 is 0. The highest BCUT2D eigenvalue weighted by Crippen LogP contribution is 2.10. The van der Waals surface area contributed by atoms with E-state index in [1.165, 1.54) is 0 Å². The molecule has 1 aliphatic rings. The lowest BCUT2D eigenvalue weighted by Crippen LogP contribution is -2.62. The van der Waals surface area contributed by atoms with E-state index in [4.69, 9.17) is 20.4 Å². The molecule has 0 amide bonds. The minimum absolute atomic E-state index is 0.0325. The number of aliphatic hydroxyl groups is 3. The Morgan fingerprint density at radius 3 is 2.33 bits per heavy atom. The Balaban J connectivity index is 2.65. The van der Waals surface area contributed by atoms with E-state index in [9.17, 15) is 4.79 Å². The van der Waals surface area contributed by atoms with E-state index >= 15 is 0 Å². The standard InChI is InChI=1S/C6H11NO5/c8-2-1-7-3(6(11)12)5(10)4(2)9/h2-5,7-10H,1H2,(H,11,12)/t2-,3+,4+,5-/m0/s1. The SMILES string of the molecule is O=C(O)[C@@H]1NC[C@H](O)[C@@H](O)[C@H]1O. The number of hydrogen-bond donors (Lipinski definition) is 5. The van der Waals surface area contributed by atoms with E-state index in [1.54, 1.807) is 0 Å². The first-order chi connectivity index (χ1) is 5.54. The first-order valence-corrected chi connectivity index (χ1v) is 3.54. The molecule has 0 aliphatic carbocycles. The topological polar surface area (TPSA) is 110 Å². The van der Waals surface area contributed by atoms with Crippen molar-refractivity contribution in [3.8, 4) is 0 Å². The molecule has 6 nitrogen and oxygen atoms in total. The van der Waals surface area contributed by atoms with Crippen LogP contribution in [0, 0.1) is 0 Å². The molecule has 4 atom stereocenters. The fourth-order valence-electron chi connectivity index (χ4n) is 1.15. The monoisotopic (exact) mass is 177 g/mol. The number of nitrogens with one attached hydrogen (secondary N) is 1. The Morgan fingerprint density at radius 1 is 1.25 bits per heavy atom. The molecule has 6 heteroatoms. The van der Waals surface area contributed by atoms with Crippen LogP contribution < -0.4 is 5.32 Å². The van der Waals surface area contributed by atoms with Crippen molar-refractivity contribution in [2.45, 2.75) is 24.4 Å². The third kappa shape index (κ3) is 1.56. The van der Waals surface area contributed by atoms with Gasteiger partial charge in [-0.15, -0.1) is 0 Å². The zero-order chi connectivity index (χ0) is 9.30. The first kappa shape index (κ1) is 9.40. The van der Waals surface area contributed by atoms with Crippen molar-refractivity contribution >= 4 is 5.97 Å². The normalized spacial score (nSPS) is 42.6. The molecule has 0 aromatic rings. The molecule has 1 heterocycles. The maximum Gasteiger partial charge on any atom is 0.323 e. The summed E-state index contributed by atoms with van der Waals surface area (Å²) in [7, 11) is 0. The van der Waals surface area contributed by atoms with Crippen LogP contribution in [0.2, 0.25) is 0 Å². The number of piperidine rings is 1. The summed E-state index contributed by atoms with van der Waals surface area (Å²) in [6.45, 7) is -0.0325. The van der Waals surface area contributed by atoms with Gasteiger partial charge in [-0.3, -0.25) is 10.1 Å². The summed E-state index contributed by atoms with van der Waals surface area (Å²) in [4.78, 5) is 10.4. The lowest BCUT2D eigenvalue weighted by atomic mass is 9.96. The van der Waals surface area contributed by atoms with Crippen LogP contribution in [0.25, 0.3) is 0 Å². The Bertz CT molecular complexity index is 185. The molecular formula is C6H11NO5. The second-order valence-corrected chi connectivity index (χ2v) is 2.77. The molecule has 0 bridgehead atoms. The van der Waals surface area contributed by atoms with Crippen LogP contribution in [0.3, 0.4) is 0 Å². The van der Waals surface area contributed by atoms with Gasteiger partial charge < -0.3 is 20.4 Å². The van der Waals surface area contributed by atoms with Crippen molar-refractivity contribution in [2.24, 2.45) is 0 Å². The molecule has 0 saturated carbocycles. The van der Waals surface area contributed by atoms with Gasteiger partial charge in [0, 0.05) is 6.54 Å². The van der Waals surface area contributed by atoms with Gasteiger partial charge in [0.2, 0.25) is 0 Å². The maximum atomic E-state index is 10.4. The highest BCUT2D eigenvalue weighted by molar-refractivity contribution is 5.74. The molecule has 0 aromatic carbocycles. The van der Waals surface area contributed by atoms with Crippen molar-refractivity contribution in [3.63, 3.8) is 0 Å². The largest absolute Gasteiger partial charge is 0.480 e. The fourth-order valence-corrected chi connectivity index (χ4v) is 1.15. The van der Waals surface area contributed by atoms with Gasteiger partial charge in [0.15, 0.2) is 0 Å². The fraction of sp³-hybridized carbons (Fsp3) is 0.833. The van der Waals surface area contributed by atoms with E-state index < -0.39 is 30.3 Å². The summed E-state index contributed by atoms with van der Waals surface area (Å²) in [5.41, 5.74) is 0. The van der Waals surface area contributed by atoms with Gasteiger partial charge in [0.25, 0.3) is 0 Å². The number of aliphatic carboxylic acids is 1. The summed E-state index contributed by atoms with van der Waals surface area (Å²) in [5, 5.41) is 38.1. The van der Waals surface area contributed by atoms with Crippen LogP contribution in [0.15, 0.2) is 0 Å². The number of aliphatic hydroxyl groups excluding tert-OH is 3. The molecule has 1 fully saturated rings. The average molecular weight is 177 g/mol. The number of carbonyl (C=O) groups is 1. The van der Waals surface area contributed by atoms with Crippen LogP contribution >= 0.6 is 0 Å².